The molecule has 7 heteroatoms. The summed E-state index contributed by atoms with van der Waals surface area (Å²) < 4.78 is 7.40. The zero-order valence-corrected chi connectivity index (χ0v) is 15.4. The van der Waals surface area contributed by atoms with Crippen LogP contribution >= 0.6 is 23.2 Å². The van der Waals surface area contributed by atoms with Gasteiger partial charge in [0.1, 0.15) is 5.75 Å². The number of hydrogen-bond acceptors (Lipinski definition) is 3. The van der Waals surface area contributed by atoms with Gasteiger partial charge in [0.15, 0.2) is 6.61 Å². The normalized spacial score (nSPS) is 10.5. The van der Waals surface area contributed by atoms with E-state index in [9.17, 15) is 4.79 Å². The Bertz CT molecular complexity index is 865. The molecule has 0 radical (unpaired) electrons. The number of ether oxygens (including phenoxy) is 1. The molecule has 0 aliphatic rings. The van der Waals surface area contributed by atoms with Gasteiger partial charge < -0.3 is 14.6 Å². The summed E-state index contributed by atoms with van der Waals surface area (Å²) in [6.45, 7) is 1.07. The molecule has 1 N–H and O–H groups in total. The van der Waals surface area contributed by atoms with Gasteiger partial charge in [-0.25, -0.2) is 4.98 Å². The molecule has 26 heavy (non-hydrogen) atoms. The summed E-state index contributed by atoms with van der Waals surface area (Å²) in [4.78, 5) is 16.0. The Kier molecular flexibility index (Phi) is 6.15. The molecule has 2 aromatic carbocycles. The fourth-order valence-electron chi connectivity index (χ4n) is 2.34. The van der Waals surface area contributed by atoms with Crippen LogP contribution in [0, 0.1) is 0 Å². The van der Waals surface area contributed by atoms with E-state index in [0.29, 0.717) is 22.3 Å². The molecule has 0 aliphatic carbocycles. The minimum absolute atomic E-state index is 0.126. The Labute approximate surface area is 161 Å². The second-order valence-electron chi connectivity index (χ2n) is 5.69. The number of rotatable bonds is 7. The summed E-state index contributed by atoms with van der Waals surface area (Å²) in [5, 5.41) is 3.73. The molecule has 1 amide bonds. The maximum atomic E-state index is 11.9. The Hall–Kier alpha value is -2.50. The lowest BCUT2D eigenvalue weighted by Gasteiger charge is -2.10. The molecule has 0 fully saturated rings. The molecule has 0 bridgehead atoms. The van der Waals surface area contributed by atoms with E-state index in [0.717, 1.165) is 17.7 Å². The number of benzene rings is 2. The maximum Gasteiger partial charge on any atom is 0.258 e. The largest absolute Gasteiger partial charge is 0.482 e. The van der Waals surface area contributed by atoms with Crippen LogP contribution in [0.25, 0.3) is 0 Å². The number of nitrogens with one attached hydrogen (secondary N) is 1. The van der Waals surface area contributed by atoms with E-state index >= 15 is 0 Å². The molecule has 0 spiro atoms. The first-order chi connectivity index (χ1) is 12.6. The van der Waals surface area contributed by atoms with E-state index in [4.69, 9.17) is 27.9 Å². The maximum absolute atomic E-state index is 11.9. The SMILES string of the molecule is O=C(COc1cc(Cl)ccc1Cl)NCc1ccc(Cn2ccnc2)cc1. The Morgan fingerprint density at radius 3 is 2.62 bits per heavy atom. The average molecular weight is 390 g/mol. The van der Waals surface area contributed by atoms with Crippen molar-refractivity contribution < 1.29 is 9.53 Å². The first-order valence-electron chi connectivity index (χ1n) is 7.98. The van der Waals surface area contributed by atoms with Crippen LogP contribution in [0.3, 0.4) is 0 Å². The number of imidazole rings is 1. The molecule has 5 nitrogen and oxygen atoms in total. The van der Waals surface area contributed by atoms with Crippen LogP contribution < -0.4 is 10.1 Å². The Morgan fingerprint density at radius 2 is 1.88 bits per heavy atom. The molecular weight excluding hydrogens is 373 g/mol. The van der Waals surface area contributed by atoms with E-state index < -0.39 is 0 Å². The topological polar surface area (TPSA) is 56.1 Å². The van der Waals surface area contributed by atoms with E-state index in [1.165, 1.54) is 0 Å². The smallest absolute Gasteiger partial charge is 0.258 e. The molecule has 134 valence electrons. The van der Waals surface area contributed by atoms with Crippen LogP contribution in [0.1, 0.15) is 11.1 Å². The van der Waals surface area contributed by atoms with Crippen molar-refractivity contribution in [2.45, 2.75) is 13.1 Å². The highest BCUT2D eigenvalue weighted by Gasteiger charge is 2.07. The number of amides is 1. The van der Waals surface area contributed by atoms with Crippen molar-refractivity contribution in [3.63, 3.8) is 0 Å². The van der Waals surface area contributed by atoms with E-state index in [1.54, 1.807) is 30.7 Å². The molecule has 1 heterocycles. The van der Waals surface area contributed by atoms with Crippen LogP contribution in [-0.4, -0.2) is 22.1 Å². The lowest BCUT2D eigenvalue weighted by Crippen LogP contribution is -2.28. The molecule has 0 saturated carbocycles. The van der Waals surface area contributed by atoms with E-state index in [-0.39, 0.29) is 12.5 Å². The van der Waals surface area contributed by atoms with Gasteiger partial charge in [0, 0.05) is 36.6 Å². The first-order valence-corrected chi connectivity index (χ1v) is 8.74. The van der Waals surface area contributed by atoms with Crippen LogP contribution in [0.2, 0.25) is 10.0 Å². The van der Waals surface area contributed by atoms with E-state index in [2.05, 4.69) is 10.3 Å². The van der Waals surface area contributed by atoms with Crippen LogP contribution in [0.15, 0.2) is 61.2 Å². The fourth-order valence-corrected chi connectivity index (χ4v) is 2.67. The number of halogens is 2. The summed E-state index contributed by atoms with van der Waals surface area (Å²) >= 11 is 11.9. The lowest BCUT2D eigenvalue weighted by atomic mass is 10.1. The molecule has 0 aliphatic heterocycles. The summed E-state index contributed by atoms with van der Waals surface area (Å²) in [5.74, 6) is 0.154. The van der Waals surface area contributed by atoms with Gasteiger partial charge in [-0.1, -0.05) is 47.5 Å². The van der Waals surface area contributed by atoms with Crippen molar-refractivity contribution in [3.8, 4) is 5.75 Å². The zero-order valence-electron chi connectivity index (χ0n) is 13.9. The van der Waals surface area contributed by atoms with Gasteiger partial charge in [-0.2, -0.15) is 0 Å². The number of aromatic nitrogens is 2. The monoisotopic (exact) mass is 389 g/mol. The summed E-state index contributed by atoms with van der Waals surface area (Å²) in [7, 11) is 0. The molecule has 3 aromatic rings. The minimum atomic E-state index is -0.233. The Balaban J connectivity index is 1.46. The summed E-state index contributed by atoms with van der Waals surface area (Å²) in [5.41, 5.74) is 2.17. The van der Waals surface area contributed by atoms with Gasteiger partial charge in [0.25, 0.3) is 5.91 Å². The predicted octanol–water partition coefficient (Wildman–Crippen LogP) is 3.93. The molecule has 0 unspecified atom stereocenters. The van der Waals surface area contributed by atoms with Gasteiger partial charge in [0.2, 0.25) is 0 Å². The van der Waals surface area contributed by atoms with E-state index in [1.807, 2.05) is 35.0 Å². The molecule has 0 atom stereocenters. The van der Waals surface area contributed by atoms with Crippen molar-refractivity contribution in [2.24, 2.45) is 0 Å². The van der Waals surface area contributed by atoms with Crippen molar-refractivity contribution >= 4 is 29.1 Å². The van der Waals surface area contributed by atoms with Gasteiger partial charge in [-0.15, -0.1) is 0 Å². The average Bonchev–Trinajstić information content (AvgIpc) is 3.15. The third kappa shape index (κ3) is 5.25. The molecule has 3 rings (SSSR count). The second-order valence-corrected chi connectivity index (χ2v) is 6.54. The third-order valence-electron chi connectivity index (χ3n) is 3.69. The first kappa shape index (κ1) is 18.3. The van der Waals surface area contributed by atoms with Crippen molar-refractivity contribution in [1.82, 2.24) is 14.9 Å². The van der Waals surface area contributed by atoms with Crippen molar-refractivity contribution in [1.29, 1.82) is 0 Å². The van der Waals surface area contributed by atoms with Crippen molar-refractivity contribution in [3.05, 3.63) is 82.4 Å². The molecular formula is C19H17Cl2N3O2. The van der Waals surface area contributed by atoms with Gasteiger partial charge in [-0.05, 0) is 23.3 Å². The number of carbonyl (C=O) groups excluding carboxylic acids is 1. The number of carbonyl (C=O) groups is 1. The van der Waals surface area contributed by atoms with Gasteiger partial charge >= 0.3 is 0 Å². The standard InChI is InChI=1S/C19H17Cl2N3O2/c20-16-5-6-17(21)18(9-16)26-12-19(25)23-10-14-1-3-15(4-2-14)11-24-8-7-22-13-24/h1-9,13H,10-12H2,(H,23,25). The summed E-state index contributed by atoms with van der Waals surface area (Å²) in [6, 6.07) is 12.9. The highest BCUT2D eigenvalue weighted by molar-refractivity contribution is 6.34. The summed E-state index contributed by atoms with van der Waals surface area (Å²) in [6.07, 6.45) is 5.45. The molecule has 1 aromatic heterocycles. The van der Waals surface area contributed by atoms with Gasteiger partial charge in [0.05, 0.1) is 11.3 Å². The fraction of sp³-hybridized carbons (Fsp3) is 0.158. The zero-order chi connectivity index (χ0) is 18.4. The van der Waals surface area contributed by atoms with Crippen LogP contribution in [-0.2, 0) is 17.9 Å². The third-order valence-corrected chi connectivity index (χ3v) is 4.24. The van der Waals surface area contributed by atoms with Gasteiger partial charge in [-0.3, -0.25) is 4.79 Å². The lowest BCUT2D eigenvalue weighted by molar-refractivity contribution is -0.123. The van der Waals surface area contributed by atoms with Crippen LogP contribution in [0.4, 0.5) is 0 Å². The highest BCUT2D eigenvalue weighted by Crippen LogP contribution is 2.27. The quantitative estimate of drug-likeness (QED) is 0.665. The Morgan fingerprint density at radius 1 is 1.12 bits per heavy atom. The molecule has 0 saturated heterocycles. The number of hydrogen-bond donors (Lipinski definition) is 1. The predicted molar refractivity (Wildman–Crippen MR) is 102 cm³/mol. The minimum Gasteiger partial charge on any atom is -0.482 e. The van der Waals surface area contributed by atoms with Crippen molar-refractivity contribution in [2.75, 3.05) is 6.61 Å². The second kappa shape index (κ2) is 8.74. The number of nitrogens with zero attached hydrogens (tertiary/aromatic N) is 2. The highest BCUT2D eigenvalue weighted by atomic mass is 35.5. The van der Waals surface area contributed by atoms with Crippen LogP contribution in [0.5, 0.6) is 5.75 Å².